The molecule has 0 amide bonds. The summed E-state index contributed by atoms with van der Waals surface area (Å²) >= 11 is 8.28. The van der Waals surface area contributed by atoms with Crippen molar-refractivity contribution >= 4 is 39.1 Å². The molecule has 31 heavy (non-hydrogen) atoms. The maximum absolute atomic E-state index is 13.2. The summed E-state index contributed by atoms with van der Waals surface area (Å²) in [5.74, 6) is 1.27. The number of hydrogen-bond acceptors (Lipinski definition) is 5. The van der Waals surface area contributed by atoms with Crippen LogP contribution in [0.2, 0.25) is 0 Å². The van der Waals surface area contributed by atoms with Crippen molar-refractivity contribution in [3.05, 3.63) is 51.9 Å². The van der Waals surface area contributed by atoms with E-state index in [2.05, 4.69) is 9.97 Å². The minimum absolute atomic E-state index is 0.0189. The van der Waals surface area contributed by atoms with Crippen LogP contribution in [0.1, 0.15) is 44.3 Å². The summed E-state index contributed by atoms with van der Waals surface area (Å²) < 4.78 is 5.73. The molecule has 160 valence electrons. The number of fused-ring (bicyclic) bond motifs is 1. The molecule has 0 unspecified atom stereocenters. The van der Waals surface area contributed by atoms with Crippen LogP contribution in [0, 0.1) is 17.3 Å². The first kappa shape index (κ1) is 19.5. The highest BCUT2D eigenvalue weighted by Gasteiger charge is 2.60. The topological polar surface area (TPSA) is 72.0 Å². The Morgan fingerprint density at radius 3 is 2.65 bits per heavy atom. The molecule has 7 rings (SSSR count). The number of nitrogens with one attached hydrogen (secondary N) is 1. The number of thiophene rings is 1. The van der Waals surface area contributed by atoms with Gasteiger partial charge >= 0.3 is 5.97 Å². The van der Waals surface area contributed by atoms with E-state index in [4.69, 9.17) is 16.3 Å². The lowest BCUT2D eigenvalue weighted by Crippen LogP contribution is -2.56. The van der Waals surface area contributed by atoms with Crippen molar-refractivity contribution in [1.29, 1.82) is 0 Å². The quantitative estimate of drug-likeness (QED) is 0.430. The first-order valence-electron chi connectivity index (χ1n) is 10.9. The molecule has 2 aromatic heterocycles. The Labute approximate surface area is 188 Å². The first-order chi connectivity index (χ1) is 14.9. The molecule has 7 heteroatoms. The van der Waals surface area contributed by atoms with Crippen molar-refractivity contribution < 1.29 is 9.53 Å². The van der Waals surface area contributed by atoms with Gasteiger partial charge in [0.1, 0.15) is 17.3 Å². The number of H-pyrrole nitrogens is 1. The van der Waals surface area contributed by atoms with Gasteiger partial charge in [-0.2, -0.15) is 0 Å². The van der Waals surface area contributed by atoms with E-state index >= 15 is 0 Å². The molecule has 1 aromatic carbocycles. The summed E-state index contributed by atoms with van der Waals surface area (Å²) in [6.07, 6.45) is 5.71. The van der Waals surface area contributed by atoms with Gasteiger partial charge in [0.25, 0.3) is 5.56 Å². The fourth-order valence-corrected chi connectivity index (χ4v) is 8.23. The number of aromatic nitrogens is 2. The smallest absolute Gasteiger partial charge is 0.312 e. The molecule has 2 heterocycles. The van der Waals surface area contributed by atoms with E-state index in [9.17, 15) is 9.59 Å². The molecule has 0 aliphatic heterocycles. The molecule has 2 atom stereocenters. The van der Waals surface area contributed by atoms with Crippen LogP contribution in [-0.2, 0) is 16.1 Å². The van der Waals surface area contributed by atoms with Crippen molar-refractivity contribution in [2.24, 2.45) is 17.3 Å². The van der Waals surface area contributed by atoms with Gasteiger partial charge in [0, 0.05) is 15.8 Å². The summed E-state index contributed by atoms with van der Waals surface area (Å²) in [6.45, 7) is -0.0189. The van der Waals surface area contributed by atoms with Gasteiger partial charge < -0.3 is 9.72 Å². The minimum Gasteiger partial charge on any atom is -0.457 e. The molecule has 4 saturated carbocycles. The van der Waals surface area contributed by atoms with Crippen molar-refractivity contribution in [1.82, 2.24) is 9.97 Å². The second kappa shape index (κ2) is 6.91. The third kappa shape index (κ3) is 3.23. The van der Waals surface area contributed by atoms with Crippen LogP contribution in [-0.4, -0.2) is 20.8 Å². The largest absolute Gasteiger partial charge is 0.457 e. The number of ether oxygens (including phenoxy) is 1. The second-order valence-corrected chi connectivity index (χ2v) is 11.3. The minimum atomic E-state index is -0.459. The third-order valence-corrected chi connectivity index (χ3v) is 8.65. The number of carbonyl (C=O) groups excluding carboxylic acids is 1. The molecule has 4 aliphatic carbocycles. The van der Waals surface area contributed by atoms with Gasteiger partial charge in [0.05, 0.1) is 10.8 Å². The second-order valence-electron chi connectivity index (χ2n) is 9.68. The monoisotopic (exact) mass is 454 g/mol. The molecular weight excluding hydrogens is 432 g/mol. The Kier molecular flexibility index (Phi) is 4.35. The van der Waals surface area contributed by atoms with Gasteiger partial charge in [-0.05, 0) is 55.9 Å². The SMILES string of the molecule is O=C(OCc1nc2scc(-c3ccccc3)c2c(=O)[nH]1)C12C[C@H]3C[C@@H](CC(Cl)(C3)C1)C2. The summed E-state index contributed by atoms with van der Waals surface area (Å²) in [4.78, 5) is 33.8. The summed E-state index contributed by atoms with van der Waals surface area (Å²) in [5, 5.41) is 2.53. The van der Waals surface area contributed by atoms with Crippen LogP contribution in [0.3, 0.4) is 0 Å². The van der Waals surface area contributed by atoms with Crippen molar-refractivity contribution in [3.8, 4) is 11.1 Å². The number of carbonyl (C=O) groups is 1. The number of hydrogen-bond donors (Lipinski definition) is 1. The standard InChI is InChI=1S/C24H23ClN2O3S/c25-24-9-14-6-15(10-24)8-23(7-14,13-24)22(29)30-11-18-26-20(28)19-17(12-31-21(19)27-18)16-4-2-1-3-5-16/h1-5,12,14-15H,6-11,13H2,(H,26,27,28)/t14-,15-,23?,24?/m1/s1. The fraction of sp³-hybridized carbons (Fsp3) is 0.458. The van der Waals surface area contributed by atoms with Crippen molar-refractivity contribution in [2.75, 3.05) is 0 Å². The van der Waals surface area contributed by atoms with E-state index in [1.807, 2.05) is 35.7 Å². The highest BCUT2D eigenvalue weighted by Crippen LogP contribution is 2.64. The van der Waals surface area contributed by atoms with Gasteiger partial charge in [0.2, 0.25) is 0 Å². The summed E-state index contributed by atoms with van der Waals surface area (Å²) in [5.41, 5.74) is 1.20. The number of rotatable bonds is 4. The van der Waals surface area contributed by atoms with E-state index in [0.29, 0.717) is 34.3 Å². The third-order valence-electron chi connectivity index (χ3n) is 7.34. The van der Waals surface area contributed by atoms with Crippen molar-refractivity contribution in [3.63, 3.8) is 0 Å². The van der Waals surface area contributed by atoms with Crippen molar-refractivity contribution in [2.45, 2.75) is 50.0 Å². The summed E-state index contributed by atoms with van der Waals surface area (Å²) in [6, 6.07) is 9.80. The maximum atomic E-state index is 13.2. The molecule has 5 nitrogen and oxygen atoms in total. The fourth-order valence-electron chi connectivity index (χ4n) is 6.57. The predicted molar refractivity (Wildman–Crippen MR) is 121 cm³/mol. The Morgan fingerprint density at radius 1 is 1.19 bits per heavy atom. The van der Waals surface area contributed by atoms with Gasteiger partial charge in [-0.1, -0.05) is 30.3 Å². The molecule has 3 aromatic rings. The lowest BCUT2D eigenvalue weighted by molar-refractivity contribution is -0.171. The normalized spacial score (nSPS) is 31.3. The Morgan fingerprint density at radius 2 is 1.94 bits per heavy atom. The van der Waals surface area contributed by atoms with Gasteiger partial charge in [0.15, 0.2) is 0 Å². The predicted octanol–water partition coefficient (Wildman–Crippen LogP) is 5.27. The lowest BCUT2D eigenvalue weighted by atomic mass is 9.49. The molecule has 4 fully saturated rings. The average molecular weight is 455 g/mol. The van der Waals surface area contributed by atoms with Gasteiger partial charge in [-0.25, -0.2) is 4.98 Å². The zero-order valence-corrected chi connectivity index (χ0v) is 18.6. The van der Waals surface area contributed by atoms with Crippen LogP contribution in [0.4, 0.5) is 0 Å². The van der Waals surface area contributed by atoms with E-state index < -0.39 is 5.41 Å². The maximum Gasteiger partial charge on any atom is 0.312 e. The molecule has 4 aliphatic rings. The number of aromatic amines is 1. The first-order valence-corrected chi connectivity index (χ1v) is 12.1. The number of halogens is 1. The molecule has 0 radical (unpaired) electrons. The summed E-state index contributed by atoms with van der Waals surface area (Å²) in [7, 11) is 0. The molecule has 1 N–H and O–H groups in total. The lowest BCUT2D eigenvalue weighted by Gasteiger charge is -2.58. The number of nitrogens with zero attached hydrogens (tertiary/aromatic N) is 1. The van der Waals surface area contributed by atoms with Crippen LogP contribution < -0.4 is 5.56 Å². The van der Waals surface area contributed by atoms with E-state index in [0.717, 1.165) is 36.8 Å². The van der Waals surface area contributed by atoms with Crippen LogP contribution in [0.15, 0.2) is 40.5 Å². The highest BCUT2D eigenvalue weighted by molar-refractivity contribution is 7.17. The number of benzene rings is 1. The molecule has 0 spiro atoms. The van der Waals surface area contributed by atoms with E-state index in [-0.39, 0.29) is 23.0 Å². The molecule has 4 bridgehead atoms. The van der Waals surface area contributed by atoms with Gasteiger partial charge in [-0.3, -0.25) is 9.59 Å². The van der Waals surface area contributed by atoms with E-state index in [1.54, 1.807) is 0 Å². The molecular formula is C24H23ClN2O3S. The molecule has 0 saturated heterocycles. The van der Waals surface area contributed by atoms with Crippen LogP contribution in [0.5, 0.6) is 0 Å². The Hall–Kier alpha value is -2.18. The average Bonchev–Trinajstić information content (AvgIpc) is 3.15. The Balaban J connectivity index is 1.24. The van der Waals surface area contributed by atoms with Crippen LogP contribution in [0.25, 0.3) is 21.3 Å². The van der Waals surface area contributed by atoms with Gasteiger partial charge in [-0.15, -0.1) is 22.9 Å². The zero-order chi connectivity index (χ0) is 21.2. The zero-order valence-electron chi connectivity index (χ0n) is 17.0. The Bertz CT molecular complexity index is 1220. The highest BCUT2D eigenvalue weighted by atomic mass is 35.5. The number of alkyl halides is 1. The van der Waals surface area contributed by atoms with E-state index in [1.165, 1.54) is 17.8 Å². The van der Waals surface area contributed by atoms with Crippen LogP contribution >= 0.6 is 22.9 Å². The number of esters is 1.